The SMILES string of the molecule is CCCCC(=O)Nc1ccc(NC(=O)/C=C/c2cccc([N+](=O)[O-])c2)cc1OC. The predicted molar refractivity (Wildman–Crippen MR) is 112 cm³/mol. The number of nitrogens with one attached hydrogen (secondary N) is 2. The van der Waals surface area contributed by atoms with Crippen LogP contribution in [0.25, 0.3) is 6.08 Å². The molecule has 0 aromatic heterocycles. The first-order valence-corrected chi connectivity index (χ1v) is 9.14. The second kappa shape index (κ2) is 10.6. The molecule has 0 aliphatic carbocycles. The predicted octanol–water partition coefficient (Wildman–Crippen LogP) is 4.38. The van der Waals surface area contributed by atoms with E-state index in [0.717, 1.165) is 12.8 Å². The Kier molecular flexibility index (Phi) is 7.90. The number of carbonyl (C=O) groups is 2. The summed E-state index contributed by atoms with van der Waals surface area (Å²) in [4.78, 5) is 34.4. The van der Waals surface area contributed by atoms with Gasteiger partial charge in [-0.2, -0.15) is 0 Å². The van der Waals surface area contributed by atoms with Gasteiger partial charge in [-0.05, 0) is 30.2 Å². The van der Waals surface area contributed by atoms with E-state index in [1.165, 1.54) is 31.4 Å². The van der Waals surface area contributed by atoms with Crippen molar-refractivity contribution in [3.05, 3.63) is 64.2 Å². The average molecular weight is 397 g/mol. The third-order valence-corrected chi connectivity index (χ3v) is 4.01. The molecule has 0 unspecified atom stereocenters. The normalized spacial score (nSPS) is 10.6. The molecular formula is C21H23N3O5. The molecule has 2 amide bonds. The Morgan fingerprint density at radius 3 is 2.66 bits per heavy atom. The van der Waals surface area contributed by atoms with Crippen LogP contribution < -0.4 is 15.4 Å². The van der Waals surface area contributed by atoms with Gasteiger partial charge >= 0.3 is 0 Å². The quantitative estimate of drug-likeness (QED) is 0.370. The molecule has 0 atom stereocenters. The summed E-state index contributed by atoms with van der Waals surface area (Å²) in [6, 6.07) is 10.9. The molecule has 0 fully saturated rings. The smallest absolute Gasteiger partial charge is 0.270 e. The molecule has 0 bridgehead atoms. The zero-order chi connectivity index (χ0) is 21.2. The van der Waals surface area contributed by atoms with Crippen molar-refractivity contribution in [1.29, 1.82) is 0 Å². The van der Waals surface area contributed by atoms with Gasteiger partial charge in [-0.25, -0.2) is 0 Å². The fourth-order valence-electron chi connectivity index (χ4n) is 2.52. The highest BCUT2D eigenvalue weighted by molar-refractivity contribution is 6.02. The number of benzene rings is 2. The number of amides is 2. The first-order valence-electron chi connectivity index (χ1n) is 9.14. The fraction of sp³-hybridized carbons (Fsp3) is 0.238. The number of anilines is 2. The lowest BCUT2D eigenvalue weighted by Crippen LogP contribution is -2.12. The van der Waals surface area contributed by atoms with Crippen LogP contribution in [0.1, 0.15) is 31.7 Å². The van der Waals surface area contributed by atoms with Crippen LogP contribution in [0.3, 0.4) is 0 Å². The van der Waals surface area contributed by atoms with Gasteiger partial charge in [0.2, 0.25) is 11.8 Å². The Hall–Kier alpha value is -3.68. The molecule has 0 saturated carbocycles. The van der Waals surface area contributed by atoms with Gasteiger partial charge in [0.25, 0.3) is 5.69 Å². The van der Waals surface area contributed by atoms with E-state index in [2.05, 4.69) is 10.6 Å². The van der Waals surface area contributed by atoms with E-state index in [1.807, 2.05) is 6.92 Å². The summed E-state index contributed by atoms with van der Waals surface area (Å²) in [5.41, 5.74) is 1.51. The Morgan fingerprint density at radius 1 is 1.17 bits per heavy atom. The lowest BCUT2D eigenvalue weighted by molar-refractivity contribution is -0.384. The van der Waals surface area contributed by atoms with Gasteiger partial charge in [0.15, 0.2) is 0 Å². The topological polar surface area (TPSA) is 111 Å². The maximum Gasteiger partial charge on any atom is 0.270 e. The van der Waals surface area contributed by atoms with Crippen molar-refractivity contribution < 1.29 is 19.2 Å². The summed E-state index contributed by atoms with van der Waals surface area (Å²) in [5.74, 6) is -0.0737. The number of methoxy groups -OCH3 is 1. The Morgan fingerprint density at radius 2 is 1.97 bits per heavy atom. The van der Waals surface area contributed by atoms with Crippen LogP contribution >= 0.6 is 0 Å². The summed E-state index contributed by atoms with van der Waals surface area (Å²) < 4.78 is 5.29. The largest absolute Gasteiger partial charge is 0.494 e. The highest BCUT2D eigenvalue weighted by Gasteiger charge is 2.09. The summed E-state index contributed by atoms with van der Waals surface area (Å²) >= 11 is 0. The van der Waals surface area contributed by atoms with Crippen LogP contribution in [0, 0.1) is 10.1 Å². The molecule has 0 radical (unpaired) electrons. The van der Waals surface area contributed by atoms with E-state index >= 15 is 0 Å². The molecule has 8 nitrogen and oxygen atoms in total. The number of hydrogen-bond acceptors (Lipinski definition) is 5. The van der Waals surface area contributed by atoms with E-state index < -0.39 is 10.8 Å². The van der Waals surface area contributed by atoms with Gasteiger partial charge in [0, 0.05) is 36.4 Å². The maximum atomic E-state index is 12.1. The van der Waals surface area contributed by atoms with Gasteiger partial charge in [-0.3, -0.25) is 19.7 Å². The number of nitrogens with zero attached hydrogens (tertiary/aromatic N) is 1. The summed E-state index contributed by atoms with van der Waals surface area (Å²) in [5, 5.41) is 16.3. The molecule has 2 aromatic carbocycles. The Labute approximate surface area is 168 Å². The number of nitro benzene ring substituents is 1. The first-order chi connectivity index (χ1) is 13.9. The van der Waals surface area contributed by atoms with Crippen molar-refractivity contribution >= 4 is 35.0 Å². The molecule has 0 saturated heterocycles. The number of non-ortho nitro benzene ring substituents is 1. The summed E-state index contributed by atoms with van der Waals surface area (Å²) in [6.45, 7) is 2.01. The monoisotopic (exact) mass is 397 g/mol. The first kappa shape index (κ1) is 21.6. The van der Waals surface area contributed by atoms with Crippen LogP contribution in [-0.4, -0.2) is 23.8 Å². The van der Waals surface area contributed by atoms with Crippen LogP contribution in [0.2, 0.25) is 0 Å². The van der Waals surface area contributed by atoms with Crippen molar-refractivity contribution in [2.45, 2.75) is 26.2 Å². The summed E-state index contributed by atoms with van der Waals surface area (Å²) in [7, 11) is 1.48. The molecule has 0 spiro atoms. The molecule has 152 valence electrons. The third kappa shape index (κ3) is 6.76. The van der Waals surface area contributed by atoms with Crippen molar-refractivity contribution in [1.82, 2.24) is 0 Å². The number of unbranched alkanes of at least 4 members (excludes halogenated alkanes) is 1. The lowest BCUT2D eigenvalue weighted by Gasteiger charge is -2.12. The molecule has 0 aliphatic rings. The van der Waals surface area contributed by atoms with Gasteiger partial charge in [0.1, 0.15) is 5.75 Å². The van der Waals surface area contributed by atoms with E-state index in [4.69, 9.17) is 4.74 Å². The lowest BCUT2D eigenvalue weighted by atomic mass is 10.2. The number of hydrogen-bond donors (Lipinski definition) is 2. The van der Waals surface area contributed by atoms with Crippen LogP contribution in [0.5, 0.6) is 5.75 Å². The number of carbonyl (C=O) groups excluding carboxylic acids is 2. The maximum absolute atomic E-state index is 12.1. The van der Waals surface area contributed by atoms with Gasteiger partial charge in [0.05, 0.1) is 17.7 Å². The Bertz CT molecular complexity index is 924. The highest BCUT2D eigenvalue weighted by Crippen LogP contribution is 2.28. The van der Waals surface area contributed by atoms with Gasteiger partial charge in [-0.1, -0.05) is 25.5 Å². The minimum atomic E-state index is -0.494. The fourth-order valence-corrected chi connectivity index (χ4v) is 2.52. The molecule has 0 heterocycles. The highest BCUT2D eigenvalue weighted by atomic mass is 16.6. The zero-order valence-corrected chi connectivity index (χ0v) is 16.3. The van der Waals surface area contributed by atoms with E-state index in [-0.39, 0.29) is 11.6 Å². The Balaban J connectivity index is 2.03. The number of nitro groups is 1. The van der Waals surface area contributed by atoms with Crippen molar-refractivity contribution in [3.63, 3.8) is 0 Å². The van der Waals surface area contributed by atoms with Crippen molar-refractivity contribution in [2.75, 3.05) is 17.7 Å². The molecule has 29 heavy (non-hydrogen) atoms. The second-order valence-corrected chi connectivity index (χ2v) is 6.24. The standard InChI is InChI=1S/C21H23N3O5/c1-3-4-8-20(25)23-18-11-10-16(14-19(18)29-2)22-21(26)12-9-15-6-5-7-17(13-15)24(27)28/h5-7,9-14H,3-4,8H2,1-2H3,(H,22,26)(H,23,25)/b12-9+. The molecule has 2 N–H and O–H groups in total. The second-order valence-electron chi connectivity index (χ2n) is 6.24. The molecule has 2 aromatic rings. The van der Waals surface area contributed by atoms with E-state index in [9.17, 15) is 19.7 Å². The van der Waals surface area contributed by atoms with Crippen LogP contribution in [-0.2, 0) is 9.59 Å². The van der Waals surface area contributed by atoms with E-state index in [0.29, 0.717) is 29.1 Å². The van der Waals surface area contributed by atoms with Crippen molar-refractivity contribution in [2.24, 2.45) is 0 Å². The van der Waals surface area contributed by atoms with Gasteiger partial charge < -0.3 is 15.4 Å². The number of ether oxygens (including phenoxy) is 1. The van der Waals surface area contributed by atoms with Crippen LogP contribution in [0.15, 0.2) is 48.5 Å². The van der Waals surface area contributed by atoms with E-state index in [1.54, 1.807) is 30.3 Å². The molecular weight excluding hydrogens is 374 g/mol. The van der Waals surface area contributed by atoms with Crippen LogP contribution in [0.4, 0.5) is 17.1 Å². The molecule has 8 heteroatoms. The third-order valence-electron chi connectivity index (χ3n) is 4.01. The summed E-state index contributed by atoms with van der Waals surface area (Å²) in [6.07, 6.45) is 4.94. The minimum Gasteiger partial charge on any atom is -0.494 e. The van der Waals surface area contributed by atoms with Crippen molar-refractivity contribution in [3.8, 4) is 5.75 Å². The zero-order valence-electron chi connectivity index (χ0n) is 16.3. The molecule has 0 aliphatic heterocycles. The molecule has 2 rings (SSSR count). The average Bonchev–Trinajstić information content (AvgIpc) is 2.72. The van der Waals surface area contributed by atoms with Gasteiger partial charge in [-0.15, -0.1) is 0 Å². The number of rotatable bonds is 9. The minimum absolute atomic E-state index is 0.0473.